The predicted molar refractivity (Wildman–Crippen MR) is 79.3 cm³/mol. The molecule has 0 N–H and O–H groups in total. The Hall–Kier alpha value is -0.410. The lowest BCUT2D eigenvalue weighted by Crippen LogP contribution is -2.44. The van der Waals surface area contributed by atoms with Crippen LogP contribution in [-0.2, 0) is 9.53 Å². The molecule has 112 valence electrons. The highest BCUT2D eigenvalue weighted by Crippen LogP contribution is 2.38. The molecule has 0 saturated heterocycles. The van der Waals surface area contributed by atoms with Crippen molar-refractivity contribution >= 4 is 6.29 Å². The van der Waals surface area contributed by atoms with Crippen LogP contribution in [0.1, 0.15) is 46.5 Å². The number of aldehydes is 1. The van der Waals surface area contributed by atoms with Crippen LogP contribution >= 0.6 is 0 Å². The normalized spacial score (nSPS) is 28.0. The number of hydrogen-bond donors (Lipinski definition) is 0. The van der Waals surface area contributed by atoms with E-state index in [0.29, 0.717) is 11.8 Å². The van der Waals surface area contributed by atoms with E-state index in [-0.39, 0.29) is 5.41 Å². The van der Waals surface area contributed by atoms with Crippen molar-refractivity contribution in [3.05, 3.63) is 0 Å². The van der Waals surface area contributed by atoms with Gasteiger partial charge in [-0.05, 0) is 24.7 Å². The molecule has 1 fully saturated rings. The lowest BCUT2D eigenvalue weighted by Gasteiger charge is -2.40. The first kappa shape index (κ1) is 16.6. The summed E-state index contributed by atoms with van der Waals surface area (Å²) in [6.45, 7) is 10.4. The molecule has 0 heterocycles. The number of hydrogen-bond acceptors (Lipinski definition) is 3. The first-order valence-electron chi connectivity index (χ1n) is 7.69. The second kappa shape index (κ2) is 8.01. The van der Waals surface area contributed by atoms with Gasteiger partial charge in [-0.2, -0.15) is 0 Å². The van der Waals surface area contributed by atoms with Crippen LogP contribution in [0.3, 0.4) is 0 Å². The van der Waals surface area contributed by atoms with Gasteiger partial charge in [-0.25, -0.2) is 0 Å². The van der Waals surface area contributed by atoms with E-state index in [9.17, 15) is 4.79 Å². The second-order valence-electron chi connectivity index (χ2n) is 6.80. The Balaban J connectivity index is 2.64. The van der Waals surface area contributed by atoms with Gasteiger partial charge in [0.25, 0.3) is 0 Å². The van der Waals surface area contributed by atoms with Gasteiger partial charge >= 0.3 is 0 Å². The number of ether oxygens (including phenoxy) is 1. The van der Waals surface area contributed by atoms with Gasteiger partial charge in [0.05, 0.1) is 6.61 Å². The molecule has 3 nitrogen and oxygen atoms in total. The molecule has 0 aromatic carbocycles. The van der Waals surface area contributed by atoms with Crippen molar-refractivity contribution in [2.45, 2.75) is 46.5 Å². The van der Waals surface area contributed by atoms with Crippen LogP contribution in [0.25, 0.3) is 0 Å². The van der Waals surface area contributed by atoms with Gasteiger partial charge in [-0.3, -0.25) is 4.90 Å². The van der Waals surface area contributed by atoms with Crippen LogP contribution in [0.15, 0.2) is 0 Å². The fourth-order valence-electron chi connectivity index (χ4n) is 3.41. The van der Waals surface area contributed by atoms with Crippen LogP contribution in [0.4, 0.5) is 0 Å². The maximum Gasteiger partial charge on any atom is 0.127 e. The summed E-state index contributed by atoms with van der Waals surface area (Å²) in [6.07, 6.45) is 5.82. The van der Waals surface area contributed by atoms with E-state index in [0.717, 1.165) is 39.1 Å². The van der Waals surface area contributed by atoms with Gasteiger partial charge in [0.2, 0.25) is 0 Å². The maximum atomic E-state index is 11.7. The van der Waals surface area contributed by atoms with Crippen molar-refractivity contribution in [3.8, 4) is 0 Å². The van der Waals surface area contributed by atoms with E-state index >= 15 is 0 Å². The van der Waals surface area contributed by atoms with E-state index in [1.807, 2.05) is 0 Å². The molecule has 2 atom stereocenters. The largest absolute Gasteiger partial charge is 0.383 e. The number of rotatable bonds is 8. The third-order valence-electron chi connectivity index (χ3n) is 4.15. The Morgan fingerprint density at radius 3 is 2.74 bits per heavy atom. The molecular weight excluding hydrogens is 238 g/mol. The first-order chi connectivity index (χ1) is 9.01. The van der Waals surface area contributed by atoms with Crippen molar-refractivity contribution < 1.29 is 9.53 Å². The quantitative estimate of drug-likeness (QED) is 0.634. The predicted octanol–water partition coefficient (Wildman–Crippen LogP) is 2.99. The third-order valence-corrected chi connectivity index (χ3v) is 4.15. The molecule has 0 bridgehead atoms. The standard InChI is InChI=1S/C16H31NO2/c1-14(2)11-17(8-9-19-4)12-16(13-18)7-5-6-15(3)10-16/h13-15H,5-12H2,1-4H3. The summed E-state index contributed by atoms with van der Waals surface area (Å²) in [6, 6.07) is 0. The highest BCUT2D eigenvalue weighted by molar-refractivity contribution is 5.60. The van der Waals surface area contributed by atoms with Gasteiger partial charge in [0, 0.05) is 32.2 Å². The number of carbonyl (C=O) groups is 1. The molecule has 19 heavy (non-hydrogen) atoms. The molecule has 1 aliphatic carbocycles. The Labute approximate surface area is 118 Å². The monoisotopic (exact) mass is 269 g/mol. The Bertz CT molecular complexity index is 267. The van der Waals surface area contributed by atoms with Crippen LogP contribution < -0.4 is 0 Å². The van der Waals surface area contributed by atoms with Crippen LogP contribution in [0, 0.1) is 17.3 Å². The molecule has 1 aliphatic rings. The summed E-state index contributed by atoms with van der Waals surface area (Å²) in [5.74, 6) is 1.31. The Morgan fingerprint density at radius 2 is 2.21 bits per heavy atom. The van der Waals surface area contributed by atoms with Crippen molar-refractivity contribution in [2.75, 3.05) is 33.4 Å². The third kappa shape index (κ3) is 5.62. The molecule has 0 aromatic heterocycles. The minimum Gasteiger partial charge on any atom is -0.383 e. The molecule has 1 saturated carbocycles. The zero-order valence-corrected chi connectivity index (χ0v) is 13.2. The summed E-state index contributed by atoms with van der Waals surface area (Å²) in [4.78, 5) is 14.1. The highest BCUT2D eigenvalue weighted by atomic mass is 16.5. The number of nitrogens with zero attached hydrogens (tertiary/aromatic N) is 1. The number of methoxy groups -OCH3 is 1. The number of carbonyl (C=O) groups excluding carboxylic acids is 1. The van der Waals surface area contributed by atoms with Crippen LogP contribution in [0.2, 0.25) is 0 Å². The van der Waals surface area contributed by atoms with E-state index in [1.54, 1.807) is 7.11 Å². The zero-order valence-electron chi connectivity index (χ0n) is 13.2. The summed E-state index contributed by atoms with van der Waals surface area (Å²) in [7, 11) is 1.74. The molecule has 1 rings (SSSR count). The minimum atomic E-state index is -0.111. The molecule has 2 unspecified atom stereocenters. The second-order valence-corrected chi connectivity index (χ2v) is 6.80. The SMILES string of the molecule is COCCN(CC(C)C)CC1(C=O)CCCC(C)C1. The average molecular weight is 269 g/mol. The van der Waals surface area contributed by atoms with Crippen molar-refractivity contribution in [1.29, 1.82) is 0 Å². The Morgan fingerprint density at radius 1 is 1.47 bits per heavy atom. The van der Waals surface area contributed by atoms with Crippen molar-refractivity contribution in [1.82, 2.24) is 4.90 Å². The van der Waals surface area contributed by atoms with Gasteiger partial charge < -0.3 is 9.53 Å². The van der Waals surface area contributed by atoms with E-state index in [1.165, 1.54) is 19.1 Å². The molecular formula is C16H31NO2. The Kier molecular flexibility index (Phi) is 7.01. The van der Waals surface area contributed by atoms with Crippen LogP contribution in [0.5, 0.6) is 0 Å². The van der Waals surface area contributed by atoms with Crippen molar-refractivity contribution in [2.24, 2.45) is 17.3 Å². The average Bonchev–Trinajstić information content (AvgIpc) is 2.35. The summed E-state index contributed by atoms with van der Waals surface area (Å²) < 4.78 is 5.20. The summed E-state index contributed by atoms with van der Waals surface area (Å²) in [5.41, 5.74) is -0.111. The molecule has 3 heteroatoms. The first-order valence-corrected chi connectivity index (χ1v) is 7.69. The van der Waals surface area contributed by atoms with Crippen LogP contribution in [-0.4, -0.2) is 44.5 Å². The molecule has 0 amide bonds. The minimum absolute atomic E-state index is 0.111. The van der Waals surface area contributed by atoms with E-state index in [2.05, 4.69) is 25.7 Å². The smallest absolute Gasteiger partial charge is 0.127 e. The lowest BCUT2D eigenvalue weighted by molar-refractivity contribution is -0.120. The maximum absolute atomic E-state index is 11.7. The topological polar surface area (TPSA) is 29.5 Å². The van der Waals surface area contributed by atoms with E-state index < -0.39 is 0 Å². The van der Waals surface area contributed by atoms with Crippen molar-refractivity contribution in [3.63, 3.8) is 0 Å². The summed E-state index contributed by atoms with van der Waals surface area (Å²) in [5, 5.41) is 0. The van der Waals surface area contributed by atoms with Gasteiger partial charge in [-0.15, -0.1) is 0 Å². The molecule has 0 radical (unpaired) electrons. The fraction of sp³-hybridized carbons (Fsp3) is 0.938. The highest BCUT2D eigenvalue weighted by Gasteiger charge is 2.36. The summed E-state index contributed by atoms with van der Waals surface area (Å²) >= 11 is 0. The lowest BCUT2D eigenvalue weighted by atomic mass is 9.70. The molecule has 0 aliphatic heterocycles. The zero-order chi connectivity index (χ0) is 14.3. The van der Waals surface area contributed by atoms with Gasteiger partial charge in [0.1, 0.15) is 6.29 Å². The van der Waals surface area contributed by atoms with E-state index in [4.69, 9.17) is 4.74 Å². The van der Waals surface area contributed by atoms with Gasteiger partial charge in [-0.1, -0.05) is 33.6 Å². The van der Waals surface area contributed by atoms with Gasteiger partial charge in [0.15, 0.2) is 0 Å². The molecule has 0 spiro atoms. The molecule has 0 aromatic rings. The fourth-order valence-corrected chi connectivity index (χ4v) is 3.41.